The average molecular weight is 342 g/mol. The van der Waals surface area contributed by atoms with Crippen LogP contribution in [0.1, 0.15) is 37.6 Å². The van der Waals surface area contributed by atoms with Crippen molar-refractivity contribution in [2.45, 2.75) is 46.3 Å². The highest BCUT2D eigenvalue weighted by atomic mass is 16.1. The third-order valence-electron chi connectivity index (χ3n) is 4.79. The summed E-state index contributed by atoms with van der Waals surface area (Å²) >= 11 is 0. The molecule has 3 rings (SSSR count). The smallest absolute Gasteiger partial charge is 0.223 e. The molecule has 0 aromatic carbocycles. The number of rotatable bonds is 6. The van der Waals surface area contributed by atoms with Crippen molar-refractivity contribution in [3.63, 3.8) is 0 Å². The van der Waals surface area contributed by atoms with E-state index in [9.17, 15) is 4.79 Å². The molecule has 0 spiro atoms. The Labute approximate surface area is 148 Å². The maximum absolute atomic E-state index is 12.0. The van der Waals surface area contributed by atoms with Crippen LogP contribution >= 0.6 is 0 Å². The van der Waals surface area contributed by atoms with Crippen molar-refractivity contribution in [1.82, 2.24) is 30.0 Å². The van der Waals surface area contributed by atoms with Crippen molar-refractivity contribution in [1.29, 1.82) is 0 Å². The molecule has 2 aromatic heterocycles. The number of hydrogen-bond donors (Lipinski definition) is 1. The summed E-state index contributed by atoms with van der Waals surface area (Å²) in [5.41, 5.74) is 1.08. The van der Waals surface area contributed by atoms with E-state index in [1.807, 2.05) is 32.2 Å². The standard InChI is InChI=1S/C18H26N6O/c1-3-14(2)18(25)20-12-17-22-21-16-7-9-23(10-11-24(16)17)13-15-6-4-5-8-19-15/h4-6,8,14H,3,7,9-13H2,1-2H3,(H,20,25). The van der Waals surface area contributed by atoms with Gasteiger partial charge in [-0.25, -0.2) is 0 Å². The van der Waals surface area contributed by atoms with Gasteiger partial charge in [0.25, 0.3) is 0 Å². The van der Waals surface area contributed by atoms with Gasteiger partial charge in [0.2, 0.25) is 5.91 Å². The van der Waals surface area contributed by atoms with Crippen molar-refractivity contribution in [2.75, 3.05) is 13.1 Å². The summed E-state index contributed by atoms with van der Waals surface area (Å²) in [6.45, 7) is 7.94. The SMILES string of the molecule is CCC(C)C(=O)NCc1nnc2n1CCN(Cc1ccccn1)CC2. The maximum Gasteiger partial charge on any atom is 0.223 e. The van der Waals surface area contributed by atoms with Gasteiger partial charge in [-0.15, -0.1) is 10.2 Å². The Morgan fingerprint density at radius 1 is 1.28 bits per heavy atom. The number of carbonyl (C=O) groups is 1. The zero-order chi connectivity index (χ0) is 17.6. The number of hydrogen-bond acceptors (Lipinski definition) is 5. The van der Waals surface area contributed by atoms with Gasteiger partial charge >= 0.3 is 0 Å². The van der Waals surface area contributed by atoms with Crippen molar-refractivity contribution < 1.29 is 4.79 Å². The van der Waals surface area contributed by atoms with Gasteiger partial charge in [0.1, 0.15) is 5.82 Å². The van der Waals surface area contributed by atoms with E-state index in [2.05, 4.69) is 36.0 Å². The van der Waals surface area contributed by atoms with Crippen LogP contribution in [0.4, 0.5) is 0 Å². The first-order valence-electron chi connectivity index (χ1n) is 8.98. The quantitative estimate of drug-likeness (QED) is 0.859. The van der Waals surface area contributed by atoms with Crippen LogP contribution in [-0.2, 0) is 30.8 Å². The van der Waals surface area contributed by atoms with Crippen molar-refractivity contribution in [3.8, 4) is 0 Å². The number of aromatic nitrogens is 4. The molecule has 1 aliphatic rings. The van der Waals surface area contributed by atoms with Crippen LogP contribution in [-0.4, -0.2) is 43.6 Å². The molecular formula is C18H26N6O. The Bertz CT molecular complexity index is 699. The summed E-state index contributed by atoms with van der Waals surface area (Å²) in [6.07, 6.45) is 3.53. The van der Waals surface area contributed by atoms with E-state index in [4.69, 9.17) is 0 Å². The van der Waals surface area contributed by atoms with Crippen LogP contribution in [0.5, 0.6) is 0 Å². The molecule has 25 heavy (non-hydrogen) atoms. The van der Waals surface area contributed by atoms with Crippen LogP contribution in [0.25, 0.3) is 0 Å². The van der Waals surface area contributed by atoms with Crippen molar-refractivity contribution in [3.05, 3.63) is 41.7 Å². The van der Waals surface area contributed by atoms with Crippen LogP contribution in [0.3, 0.4) is 0 Å². The highest BCUT2D eigenvalue weighted by Gasteiger charge is 2.19. The number of amides is 1. The number of fused-ring (bicyclic) bond motifs is 1. The number of pyridine rings is 1. The van der Waals surface area contributed by atoms with Gasteiger partial charge in [-0.1, -0.05) is 19.9 Å². The molecule has 1 atom stereocenters. The highest BCUT2D eigenvalue weighted by molar-refractivity contribution is 5.78. The first kappa shape index (κ1) is 17.5. The minimum Gasteiger partial charge on any atom is -0.349 e. The van der Waals surface area contributed by atoms with Crippen molar-refractivity contribution in [2.24, 2.45) is 5.92 Å². The summed E-state index contributed by atoms with van der Waals surface area (Å²) < 4.78 is 2.15. The lowest BCUT2D eigenvalue weighted by atomic mass is 10.1. The summed E-state index contributed by atoms with van der Waals surface area (Å²) in [4.78, 5) is 18.8. The molecule has 0 radical (unpaired) electrons. The Kier molecular flexibility index (Phi) is 5.75. The Morgan fingerprint density at radius 2 is 2.16 bits per heavy atom. The molecule has 0 saturated heterocycles. The molecule has 3 heterocycles. The van der Waals surface area contributed by atoms with Gasteiger partial charge in [-0.2, -0.15) is 0 Å². The van der Waals surface area contributed by atoms with Gasteiger partial charge < -0.3 is 9.88 Å². The molecule has 0 bridgehead atoms. The lowest BCUT2D eigenvalue weighted by molar-refractivity contribution is -0.124. The molecule has 134 valence electrons. The second kappa shape index (κ2) is 8.20. The lowest BCUT2D eigenvalue weighted by Crippen LogP contribution is -2.30. The fourth-order valence-electron chi connectivity index (χ4n) is 2.96. The number of carbonyl (C=O) groups excluding carboxylic acids is 1. The first-order chi connectivity index (χ1) is 12.2. The molecule has 1 amide bonds. The Hall–Kier alpha value is -2.28. The first-order valence-corrected chi connectivity index (χ1v) is 8.98. The molecule has 2 aromatic rings. The number of nitrogens with one attached hydrogen (secondary N) is 1. The zero-order valence-corrected chi connectivity index (χ0v) is 15.0. The van der Waals surface area contributed by atoms with Crippen LogP contribution in [0, 0.1) is 5.92 Å². The second-order valence-corrected chi connectivity index (χ2v) is 6.56. The Balaban J connectivity index is 1.59. The largest absolute Gasteiger partial charge is 0.349 e. The van der Waals surface area contributed by atoms with Gasteiger partial charge in [0, 0.05) is 44.7 Å². The summed E-state index contributed by atoms with van der Waals surface area (Å²) in [5, 5.41) is 11.6. The topological polar surface area (TPSA) is 75.9 Å². The molecule has 0 fully saturated rings. The monoisotopic (exact) mass is 342 g/mol. The molecule has 7 nitrogen and oxygen atoms in total. The normalized spacial score (nSPS) is 16.1. The minimum atomic E-state index is 0.0281. The molecule has 0 saturated carbocycles. The predicted molar refractivity (Wildman–Crippen MR) is 94.5 cm³/mol. The molecule has 1 N–H and O–H groups in total. The predicted octanol–water partition coefficient (Wildman–Crippen LogP) is 1.39. The molecular weight excluding hydrogens is 316 g/mol. The van der Waals surface area contributed by atoms with E-state index >= 15 is 0 Å². The fourth-order valence-corrected chi connectivity index (χ4v) is 2.96. The van der Waals surface area contributed by atoms with Crippen LogP contribution in [0.2, 0.25) is 0 Å². The minimum absolute atomic E-state index is 0.0281. The zero-order valence-electron chi connectivity index (χ0n) is 15.0. The van der Waals surface area contributed by atoms with Gasteiger partial charge in [0.15, 0.2) is 5.82 Å². The van der Waals surface area contributed by atoms with Crippen LogP contribution in [0.15, 0.2) is 24.4 Å². The molecule has 1 unspecified atom stereocenters. The van der Waals surface area contributed by atoms with E-state index in [1.54, 1.807) is 0 Å². The highest BCUT2D eigenvalue weighted by Crippen LogP contribution is 2.12. The Morgan fingerprint density at radius 3 is 2.92 bits per heavy atom. The van der Waals surface area contributed by atoms with E-state index in [0.29, 0.717) is 6.54 Å². The van der Waals surface area contributed by atoms with E-state index in [0.717, 1.165) is 56.4 Å². The third kappa shape index (κ3) is 4.42. The summed E-state index contributed by atoms with van der Waals surface area (Å²) in [6, 6.07) is 6.02. The average Bonchev–Trinajstić information content (AvgIpc) is 2.92. The van der Waals surface area contributed by atoms with Gasteiger partial charge in [-0.05, 0) is 18.6 Å². The second-order valence-electron chi connectivity index (χ2n) is 6.56. The molecule has 0 aliphatic carbocycles. The summed E-state index contributed by atoms with van der Waals surface area (Å²) in [7, 11) is 0. The van der Waals surface area contributed by atoms with Gasteiger partial charge in [0.05, 0.1) is 12.2 Å². The maximum atomic E-state index is 12.0. The van der Waals surface area contributed by atoms with Gasteiger partial charge in [-0.3, -0.25) is 14.7 Å². The lowest BCUT2D eigenvalue weighted by Gasteiger charge is -2.19. The van der Waals surface area contributed by atoms with Crippen LogP contribution < -0.4 is 5.32 Å². The van der Waals surface area contributed by atoms with E-state index < -0.39 is 0 Å². The molecule has 1 aliphatic heterocycles. The van der Waals surface area contributed by atoms with Crippen molar-refractivity contribution >= 4 is 5.91 Å². The third-order valence-corrected chi connectivity index (χ3v) is 4.79. The van der Waals surface area contributed by atoms with E-state index in [-0.39, 0.29) is 11.8 Å². The molecule has 7 heteroatoms. The van der Waals surface area contributed by atoms with E-state index in [1.165, 1.54) is 0 Å². The fraction of sp³-hybridized carbons (Fsp3) is 0.556. The number of nitrogens with zero attached hydrogens (tertiary/aromatic N) is 5. The summed E-state index contributed by atoms with van der Waals surface area (Å²) in [5.74, 6) is 1.94.